The predicted molar refractivity (Wildman–Crippen MR) is 88.2 cm³/mol. The molecule has 0 aromatic heterocycles. The Bertz CT molecular complexity index is 678. The third-order valence-electron chi connectivity index (χ3n) is 4.66. The lowest BCUT2D eigenvalue weighted by Gasteiger charge is -2.26. The minimum atomic E-state index is -4.07. The Labute approximate surface area is 141 Å². The molecule has 1 saturated heterocycles. The van der Waals surface area contributed by atoms with Crippen molar-refractivity contribution < 1.29 is 22.0 Å². The molecule has 0 N–H and O–H groups in total. The lowest BCUT2D eigenvalue weighted by molar-refractivity contribution is -0.130. The summed E-state index contributed by atoms with van der Waals surface area (Å²) >= 11 is 0. The van der Waals surface area contributed by atoms with E-state index in [0.29, 0.717) is 13.1 Å². The minimum absolute atomic E-state index is 0.486. The fourth-order valence-corrected chi connectivity index (χ4v) is 4.65. The molecule has 4 nitrogen and oxygen atoms in total. The Balaban J connectivity index is 2.26. The van der Waals surface area contributed by atoms with Crippen molar-refractivity contribution >= 4 is 15.7 Å². The van der Waals surface area contributed by atoms with E-state index in [1.54, 1.807) is 4.90 Å². The van der Waals surface area contributed by atoms with Crippen molar-refractivity contribution in [3.63, 3.8) is 0 Å². The minimum Gasteiger partial charge on any atom is -0.342 e. The highest BCUT2D eigenvalue weighted by Gasteiger charge is 2.38. The van der Waals surface area contributed by atoms with Gasteiger partial charge in [0.05, 0.1) is 5.25 Å². The molecule has 0 saturated carbocycles. The smallest absolute Gasteiger partial charge is 0.240 e. The van der Waals surface area contributed by atoms with Crippen molar-refractivity contribution in [1.29, 1.82) is 0 Å². The van der Waals surface area contributed by atoms with Crippen LogP contribution in [0.15, 0.2) is 18.2 Å². The zero-order valence-corrected chi connectivity index (χ0v) is 14.8. The summed E-state index contributed by atoms with van der Waals surface area (Å²) in [7, 11) is -4.07. The van der Waals surface area contributed by atoms with Gasteiger partial charge in [-0.25, -0.2) is 17.2 Å². The molecule has 1 amide bonds. The van der Waals surface area contributed by atoms with Crippen LogP contribution in [0.2, 0.25) is 0 Å². The van der Waals surface area contributed by atoms with Gasteiger partial charge < -0.3 is 4.90 Å². The fraction of sp³-hybridized carbons (Fsp3) is 0.588. The molecule has 2 rings (SSSR count). The molecule has 1 aliphatic heterocycles. The fourth-order valence-electron chi connectivity index (χ4n) is 3.06. The zero-order valence-electron chi connectivity index (χ0n) is 14.0. The van der Waals surface area contributed by atoms with Crippen LogP contribution in [0.3, 0.4) is 0 Å². The van der Waals surface area contributed by atoms with Gasteiger partial charge >= 0.3 is 0 Å². The summed E-state index contributed by atoms with van der Waals surface area (Å²) in [5, 5.41) is -2.76. The number of hydrogen-bond acceptors (Lipinski definition) is 3. The van der Waals surface area contributed by atoms with Gasteiger partial charge in [0.15, 0.2) is 9.84 Å². The summed E-state index contributed by atoms with van der Waals surface area (Å²) in [6.07, 6.45) is 3.72. The van der Waals surface area contributed by atoms with E-state index in [1.807, 2.05) is 0 Å². The lowest BCUT2D eigenvalue weighted by Crippen LogP contribution is -2.43. The second-order valence-electron chi connectivity index (χ2n) is 6.25. The van der Waals surface area contributed by atoms with Crippen LogP contribution in [-0.2, 0) is 14.6 Å². The molecule has 2 atom stereocenters. The highest BCUT2D eigenvalue weighted by atomic mass is 32.2. The number of likely N-dealkylation sites (tertiary alicyclic amines) is 1. The molecule has 24 heavy (non-hydrogen) atoms. The first-order valence-corrected chi connectivity index (χ1v) is 9.83. The molecular weight excluding hydrogens is 336 g/mol. The molecule has 1 heterocycles. The number of benzene rings is 1. The van der Waals surface area contributed by atoms with E-state index in [4.69, 9.17) is 0 Å². The van der Waals surface area contributed by atoms with E-state index < -0.39 is 43.4 Å². The van der Waals surface area contributed by atoms with Gasteiger partial charge in [-0.1, -0.05) is 18.9 Å². The highest BCUT2D eigenvalue weighted by Crippen LogP contribution is 2.30. The van der Waals surface area contributed by atoms with Gasteiger partial charge in [0.1, 0.15) is 16.9 Å². The number of hydrogen-bond donors (Lipinski definition) is 0. The molecular formula is C17H23F2NO3S. The van der Waals surface area contributed by atoms with Crippen LogP contribution in [0, 0.1) is 11.6 Å². The Kier molecular flexibility index (Phi) is 5.96. The normalized spacial score (nSPS) is 18.8. The Morgan fingerprint density at radius 1 is 1.04 bits per heavy atom. The van der Waals surface area contributed by atoms with Crippen LogP contribution in [0.1, 0.15) is 50.3 Å². The van der Waals surface area contributed by atoms with Crippen molar-refractivity contribution in [3.8, 4) is 0 Å². The monoisotopic (exact) mass is 359 g/mol. The van der Waals surface area contributed by atoms with E-state index in [-0.39, 0.29) is 0 Å². The van der Waals surface area contributed by atoms with Crippen molar-refractivity contribution in [3.05, 3.63) is 35.4 Å². The molecule has 1 aromatic carbocycles. The molecule has 7 heteroatoms. The largest absolute Gasteiger partial charge is 0.342 e. The first-order valence-electron chi connectivity index (χ1n) is 8.22. The summed E-state index contributed by atoms with van der Waals surface area (Å²) < 4.78 is 53.3. The maximum Gasteiger partial charge on any atom is 0.240 e. The molecule has 0 unspecified atom stereocenters. The van der Waals surface area contributed by atoms with Gasteiger partial charge in [0.25, 0.3) is 0 Å². The molecule has 1 fully saturated rings. The maximum atomic E-state index is 13.9. The van der Waals surface area contributed by atoms with Crippen molar-refractivity contribution in [1.82, 2.24) is 4.90 Å². The van der Waals surface area contributed by atoms with Gasteiger partial charge in [-0.05, 0) is 38.8 Å². The average Bonchev–Trinajstić information content (AvgIpc) is 2.82. The van der Waals surface area contributed by atoms with Crippen LogP contribution in [0.5, 0.6) is 0 Å². The summed E-state index contributed by atoms with van der Waals surface area (Å²) in [6, 6.07) is 3.22. The van der Waals surface area contributed by atoms with E-state index >= 15 is 0 Å². The number of sulfone groups is 1. The summed E-state index contributed by atoms with van der Waals surface area (Å²) in [5.74, 6) is -2.32. The van der Waals surface area contributed by atoms with Gasteiger partial charge in [0.2, 0.25) is 5.91 Å². The van der Waals surface area contributed by atoms with E-state index in [0.717, 1.165) is 37.8 Å². The van der Waals surface area contributed by atoms with Crippen molar-refractivity contribution in [2.75, 3.05) is 13.1 Å². The third-order valence-corrected chi connectivity index (χ3v) is 7.07. The second-order valence-corrected chi connectivity index (χ2v) is 8.84. The number of rotatable bonds is 4. The molecule has 134 valence electrons. The molecule has 0 radical (unpaired) electrons. The Morgan fingerprint density at radius 2 is 1.54 bits per heavy atom. The number of amides is 1. The van der Waals surface area contributed by atoms with E-state index in [1.165, 1.54) is 19.9 Å². The first-order chi connectivity index (χ1) is 11.3. The molecule has 0 spiro atoms. The number of carbonyl (C=O) groups excluding carboxylic acids is 1. The summed E-state index contributed by atoms with van der Waals surface area (Å²) in [5.41, 5.74) is -0.506. The Morgan fingerprint density at radius 3 is 2.04 bits per heavy atom. The Hall–Kier alpha value is -1.50. The van der Waals surface area contributed by atoms with Crippen molar-refractivity contribution in [2.24, 2.45) is 0 Å². The van der Waals surface area contributed by atoms with Crippen LogP contribution in [-0.4, -0.2) is 37.6 Å². The molecule has 0 bridgehead atoms. The third kappa shape index (κ3) is 3.77. The SMILES string of the molecule is C[C@@H](C(=O)N1CCCCCC1)S(=O)(=O)[C@@H](C)c1c(F)cccc1F. The topological polar surface area (TPSA) is 54.5 Å². The molecule has 1 aliphatic rings. The first kappa shape index (κ1) is 18.8. The lowest BCUT2D eigenvalue weighted by atomic mass is 10.1. The van der Waals surface area contributed by atoms with Crippen LogP contribution < -0.4 is 0 Å². The van der Waals surface area contributed by atoms with Crippen molar-refractivity contribution in [2.45, 2.75) is 50.0 Å². The summed E-state index contributed by atoms with van der Waals surface area (Å²) in [4.78, 5) is 14.1. The standard InChI is InChI=1S/C17H23F2NO3S/c1-12(16-14(18)8-7-9-15(16)19)24(22,23)13(2)17(21)20-10-5-3-4-6-11-20/h7-9,12-13H,3-6,10-11H2,1-2H3/t12-,13-/m0/s1. The van der Waals surface area contributed by atoms with E-state index in [2.05, 4.69) is 0 Å². The predicted octanol–water partition coefficient (Wildman–Crippen LogP) is 3.23. The van der Waals surface area contributed by atoms with Gasteiger partial charge in [-0.3, -0.25) is 4.79 Å². The van der Waals surface area contributed by atoms with Gasteiger partial charge in [0, 0.05) is 18.7 Å². The van der Waals surface area contributed by atoms with Gasteiger partial charge in [-0.2, -0.15) is 0 Å². The summed E-state index contributed by atoms with van der Waals surface area (Å²) in [6.45, 7) is 3.59. The number of halogens is 2. The maximum absolute atomic E-state index is 13.9. The van der Waals surface area contributed by atoms with Gasteiger partial charge in [-0.15, -0.1) is 0 Å². The molecule has 1 aromatic rings. The quantitative estimate of drug-likeness (QED) is 0.829. The number of nitrogens with zero attached hydrogens (tertiary/aromatic N) is 1. The van der Waals surface area contributed by atoms with Crippen LogP contribution >= 0.6 is 0 Å². The van der Waals surface area contributed by atoms with Crippen LogP contribution in [0.25, 0.3) is 0 Å². The number of carbonyl (C=O) groups is 1. The van der Waals surface area contributed by atoms with E-state index in [9.17, 15) is 22.0 Å². The highest BCUT2D eigenvalue weighted by molar-refractivity contribution is 7.93. The van der Waals surface area contributed by atoms with Crippen LogP contribution in [0.4, 0.5) is 8.78 Å². The molecule has 0 aliphatic carbocycles. The average molecular weight is 359 g/mol. The zero-order chi connectivity index (χ0) is 17.9. The second kappa shape index (κ2) is 7.59.